The first-order chi connectivity index (χ1) is 10.8. The Bertz CT molecular complexity index is 504. The predicted molar refractivity (Wildman–Crippen MR) is 116 cm³/mol. The van der Waals surface area contributed by atoms with Gasteiger partial charge in [0.1, 0.15) is 0 Å². The highest BCUT2D eigenvalue weighted by molar-refractivity contribution is 9.42. The van der Waals surface area contributed by atoms with Gasteiger partial charge in [0.2, 0.25) is 0 Å². The Hall–Kier alpha value is 1.37. The van der Waals surface area contributed by atoms with E-state index in [1.807, 2.05) is 30.4 Å². The normalized spacial score (nSPS) is 24.7. The van der Waals surface area contributed by atoms with Crippen molar-refractivity contribution in [2.45, 2.75) is 49.1 Å². The lowest BCUT2D eigenvalue weighted by atomic mass is 9.94. The summed E-state index contributed by atoms with van der Waals surface area (Å²) in [4.78, 5) is 1.34. The van der Waals surface area contributed by atoms with E-state index in [4.69, 9.17) is 12.2 Å². The molecule has 1 fully saturated rings. The number of fused-ring (bicyclic) bond motifs is 1. The number of thiocarbonyl (C=S) groups is 1. The molecule has 0 bridgehead atoms. The molecule has 8 heteroatoms. The van der Waals surface area contributed by atoms with E-state index < -0.39 is 0 Å². The molecule has 1 unspecified atom stereocenters. The predicted octanol–water partition coefficient (Wildman–Crippen LogP) is 7.32. The summed E-state index contributed by atoms with van der Waals surface area (Å²) in [5.41, 5.74) is 1.34. The Labute approximate surface area is 160 Å². The van der Waals surface area contributed by atoms with Crippen molar-refractivity contribution in [2.75, 3.05) is 0 Å². The van der Waals surface area contributed by atoms with Crippen LogP contribution in [0.2, 0.25) is 0 Å². The summed E-state index contributed by atoms with van der Waals surface area (Å²) >= 11 is 5.76. The van der Waals surface area contributed by atoms with Crippen LogP contribution in [-0.4, -0.2) is 10.2 Å². The second-order valence-corrected chi connectivity index (χ2v) is 15.2. The maximum absolute atomic E-state index is 5.76. The standard InChI is InChI=1S/C14H17NS7/c16-14-13(15-10-6-2-1-3-7-10)11-8-4-5-9-12(11)17-19-21-22-20-18-14/h4-5,8-10,13,15H,1-3,6-7H2. The van der Waals surface area contributed by atoms with Gasteiger partial charge in [-0.2, -0.15) is 0 Å². The fraction of sp³-hybridized carbons (Fsp3) is 0.500. The third-order valence-corrected chi connectivity index (χ3v) is 15.1. The number of rotatable bonds is 2. The summed E-state index contributed by atoms with van der Waals surface area (Å²) < 4.78 is 1.06. The molecule has 1 aromatic carbocycles. The fourth-order valence-corrected chi connectivity index (χ4v) is 14.7. The molecule has 1 saturated carbocycles. The van der Waals surface area contributed by atoms with Crippen LogP contribution >= 0.6 is 73.1 Å². The largest absolute Gasteiger partial charge is 0.302 e. The third-order valence-electron chi connectivity index (χ3n) is 3.80. The van der Waals surface area contributed by atoms with Crippen molar-refractivity contribution in [2.24, 2.45) is 0 Å². The van der Waals surface area contributed by atoms with Gasteiger partial charge in [-0.15, -0.1) is 0 Å². The first kappa shape index (κ1) is 18.2. The number of hydrogen-bond acceptors (Lipinski definition) is 8. The van der Waals surface area contributed by atoms with E-state index in [9.17, 15) is 0 Å². The maximum atomic E-state index is 5.76. The lowest BCUT2D eigenvalue weighted by Crippen LogP contribution is -2.37. The van der Waals surface area contributed by atoms with Crippen molar-refractivity contribution >= 4 is 77.3 Å². The van der Waals surface area contributed by atoms with Crippen molar-refractivity contribution in [3.05, 3.63) is 29.8 Å². The van der Waals surface area contributed by atoms with Crippen molar-refractivity contribution in [1.29, 1.82) is 0 Å². The van der Waals surface area contributed by atoms with Gasteiger partial charge >= 0.3 is 0 Å². The van der Waals surface area contributed by atoms with Crippen LogP contribution < -0.4 is 5.32 Å². The zero-order valence-electron chi connectivity index (χ0n) is 11.9. The molecule has 1 atom stereocenters. The Morgan fingerprint density at radius 1 is 0.909 bits per heavy atom. The molecule has 120 valence electrons. The van der Waals surface area contributed by atoms with Gasteiger partial charge in [-0.05, 0) is 85.4 Å². The summed E-state index contributed by atoms with van der Waals surface area (Å²) in [5, 5.41) is 3.87. The molecule has 1 nitrogen and oxygen atoms in total. The lowest BCUT2D eigenvalue weighted by molar-refractivity contribution is 0.364. The average molecular weight is 424 g/mol. The second-order valence-electron chi connectivity index (χ2n) is 5.23. The van der Waals surface area contributed by atoms with Gasteiger partial charge in [0.25, 0.3) is 0 Å². The minimum atomic E-state index is 0.184. The molecule has 2 aliphatic rings. The first-order valence-electron chi connectivity index (χ1n) is 7.24. The van der Waals surface area contributed by atoms with Crippen LogP contribution in [-0.2, 0) is 0 Å². The molecule has 1 aliphatic heterocycles. The van der Waals surface area contributed by atoms with Crippen LogP contribution in [0.5, 0.6) is 0 Å². The van der Waals surface area contributed by atoms with E-state index in [2.05, 4.69) is 29.6 Å². The Balaban J connectivity index is 1.83. The molecule has 1 aliphatic carbocycles. The molecule has 1 N–H and O–H groups in total. The summed E-state index contributed by atoms with van der Waals surface area (Å²) in [6.07, 6.45) is 6.64. The Kier molecular flexibility index (Phi) is 8.05. The third kappa shape index (κ3) is 5.18. The fourth-order valence-electron chi connectivity index (χ4n) is 2.75. The van der Waals surface area contributed by atoms with E-state index in [1.165, 1.54) is 42.6 Å². The van der Waals surface area contributed by atoms with Crippen molar-refractivity contribution in [3.63, 3.8) is 0 Å². The van der Waals surface area contributed by atoms with Crippen LogP contribution in [0.15, 0.2) is 29.2 Å². The molecule has 0 spiro atoms. The molecular formula is C14H17NS7. The van der Waals surface area contributed by atoms with Crippen LogP contribution in [0.4, 0.5) is 0 Å². The molecule has 22 heavy (non-hydrogen) atoms. The van der Waals surface area contributed by atoms with E-state index in [0.29, 0.717) is 6.04 Å². The summed E-state index contributed by atoms with van der Waals surface area (Å²) in [6.45, 7) is 0. The molecular weight excluding hydrogens is 407 g/mol. The van der Waals surface area contributed by atoms with Gasteiger partial charge in [-0.1, -0.05) is 49.7 Å². The Morgan fingerprint density at radius 2 is 1.64 bits per heavy atom. The lowest BCUT2D eigenvalue weighted by Gasteiger charge is -2.30. The zero-order chi connectivity index (χ0) is 15.2. The average Bonchev–Trinajstić information content (AvgIpc) is 2.57. The van der Waals surface area contributed by atoms with Crippen molar-refractivity contribution < 1.29 is 0 Å². The molecule has 0 aromatic heterocycles. The summed E-state index contributed by atoms with van der Waals surface area (Å²) in [5.74, 6) is 0. The molecule has 0 radical (unpaired) electrons. The van der Waals surface area contributed by atoms with Crippen LogP contribution in [0, 0.1) is 0 Å². The summed E-state index contributed by atoms with van der Waals surface area (Å²) in [7, 11) is 10.8. The monoisotopic (exact) mass is 423 g/mol. The molecule has 0 amide bonds. The number of nitrogens with one attached hydrogen (secondary N) is 1. The van der Waals surface area contributed by atoms with Gasteiger partial charge in [0.05, 0.1) is 10.2 Å². The van der Waals surface area contributed by atoms with Gasteiger partial charge in [-0.25, -0.2) is 0 Å². The van der Waals surface area contributed by atoms with E-state index >= 15 is 0 Å². The van der Waals surface area contributed by atoms with E-state index in [-0.39, 0.29) is 6.04 Å². The number of benzene rings is 1. The van der Waals surface area contributed by atoms with Gasteiger partial charge in [-0.3, -0.25) is 0 Å². The minimum Gasteiger partial charge on any atom is -0.302 e. The van der Waals surface area contributed by atoms with E-state index in [0.717, 1.165) is 4.20 Å². The first-order valence-corrected chi connectivity index (χ1v) is 15.1. The second kappa shape index (κ2) is 9.75. The quantitative estimate of drug-likeness (QED) is 0.387. The smallest absolute Gasteiger partial charge is 0.0811 e. The minimum absolute atomic E-state index is 0.184. The molecule has 0 saturated heterocycles. The molecule has 3 rings (SSSR count). The van der Waals surface area contributed by atoms with Crippen LogP contribution in [0.25, 0.3) is 0 Å². The highest BCUT2D eigenvalue weighted by atomic mass is 33.9. The SMILES string of the molecule is S=C1SSSSSSc2ccccc2C1NC1CCCCC1. The summed E-state index contributed by atoms with van der Waals surface area (Å²) in [6, 6.07) is 9.50. The molecule has 1 heterocycles. The highest BCUT2D eigenvalue weighted by Crippen LogP contribution is 2.56. The zero-order valence-corrected chi connectivity index (χ0v) is 17.6. The molecule has 1 aromatic rings. The maximum Gasteiger partial charge on any atom is 0.0811 e. The highest BCUT2D eigenvalue weighted by Gasteiger charge is 2.25. The van der Waals surface area contributed by atoms with Crippen LogP contribution in [0.3, 0.4) is 0 Å². The van der Waals surface area contributed by atoms with Gasteiger partial charge in [0.15, 0.2) is 0 Å². The van der Waals surface area contributed by atoms with E-state index in [1.54, 1.807) is 30.4 Å². The van der Waals surface area contributed by atoms with Crippen molar-refractivity contribution in [1.82, 2.24) is 5.32 Å². The van der Waals surface area contributed by atoms with Gasteiger partial charge < -0.3 is 5.32 Å². The topological polar surface area (TPSA) is 12.0 Å². The van der Waals surface area contributed by atoms with Gasteiger partial charge in [0, 0.05) is 10.9 Å². The Morgan fingerprint density at radius 3 is 2.45 bits per heavy atom. The van der Waals surface area contributed by atoms with Crippen LogP contribution in [0.1, 0.15) is 43.7 Å². The van der Waals surface area contributed by atoms with Crippen molar-refractivity contribution in [3.8, 4) is 0 Å². The number of hydrogen-bond donors (Lipinski definition) is 1.